The lowest BCUT2D eigenvalue weighted by Crippen LogP contribution is -2.31. The summed E-state index contributed by atoms with van der Waals surface area (Å²) in [5, 5.41) is 2.67. The van der Waals surface area contributed by atoms with E-state index in [1.807, 2.05) is 13.0 Å². The van der Waals surface area contributed by atoms with Gasteiger partial charge in [0.15, 0.2) is 0 Å². The number of furan rings is 1. The van der Waals surface area contributed by atoms with E-state index in [-0.39, 0.29) is 10.8 Å². The van der Waals surface area contributed by atoms with E-state index in [1.54, 1.807) is 0 Å². The van der Waals surface area contributed by atoms with Crippen LogP contribution in [0.5, 0.6) is 0 Å². The van der Waals surface area contributed by atoms with Crippen molar-refractivity contribution in [1.29, 1.82) is 0 Å². The van der Waals surface area contributed by atoms with Gasteiger partial charge in [-0.2, -0.15) is 0 Å². The molecule has 3 rings (SSSR count). The number of hydrogen-bond acceptors (Lipinski definition) is 1. The van der Waals surface area contributed by atoms with Crippen LogP contribution in [0.25, 0.3) is 12.2 Å². The fourth-order valence-electron chi connectivity index (χ4n) is 3.05. The van der Waals surface area contributed by atoms with Crippen molar-refractivity contribution in [2.24, 2.45) is 0 Å². The summed E-state index contributed by atoms with van der Waals surface area (Å²) in [5.74, 6) is 1.99. The summed E-state index contributed by atoms with van der Waals surface area (Å²) >= 11 is 0. The number of rotatable bonds is 1. The lowest BCUT2D eigenvalue weighted by Gasteiger charge is -2.20. The van der Waals surface area contributed by atoms with Crippen molar-refractivity contribution in [3.63, 3.8) is 0 Å². The van der Waals surface area contributed by atoms with Gasteiger partial charge in [0.05, 0.1) is 5.41 Å². The predicted molar refractivity (Wildman–Crippen MR) is 84.1 cm³/mol. The summed E-state index contributed by atoms with van der Waals surface area (Å²) in [4.78, 5) is 0. The van der Waals surface area contributed by atoms with E-state index in [4.69, 9.17) is 4.42 Å². The molecule has 1 heterocycles. The Morgan fingerprint density at radius 1 is 1.00 bits per heavy atom. The van der Waals surface area contributed by atoms with Gasteiger partial charge in [0.1, 0.15) is 11.5 Å². The van der Waals surface area contributed by atoms with Crippen LogP contribution >= 0.6 is 0 Å². The molecule has 0 saturated heterocycles. The van der Waals surface area contributed by atoms with Crippen LogP contribution in [0, 0.1) is 6.92 Å². The van der Waals surface area contributed by atoms with Crippen molar-refractivity contribution in [3.05, 3.63) is 57.9 Å². The third kappa shape index (κ3) is 2.02. The molecular formula is C19H22O. The highest BCUT2D eigenvalue weighted by molar-refractivity contribution is 5.65. The smallest absolute Gasteiger partial charge is 0.117 e. The maximum absolute atomic E-state index is 5.86. The first kappa shape index (κ1) is 13.2. The summed E-state index contributed by atoms with van der Waals surface area (Å²) in [6, 6.07) is 10.7. The Labute approximate surface area is 120 Å². The minimum atomic E-state index is -0.141. The Morgan fingerprint density at radius 2 is 1.75 bits per heavy atom. The second-order valence-corrected chi connectivity index (χ2v) is 7.04. The SMILES string of the molecule is Cc1ccc(C2(C)C=c3cccc(C(C)(C)C)c3=C2)o1. The average molecular weight is 266 g/mol. The summed E-state index contributed by atoms with van der Waals surface area (Å²) in [7, 11) is 0. The molecule has 104 valence electrons. The Hall–Kier alpha value is -1.76. The minimum absolute atomic E-state index is 0.141. The summed E-state index contributed by atoms with van der Waals surface area (Å²) in [5.41, 5.74) is 1.41. The van der Waals surface area contributed by atoms with E-state index in [0.717, 1.165) is 11.5 Å². The van der Waals surface area contributed by atoms with E-state index in [9.17, 15) is 0 Å². The van der Waals surface area contributed by atoms with E-state index >= 15 is 0 Å². The monoisotopic (exact) mass is 266 g/mol. The van der Waals surface area contributed by atoms with Crippen molar-refractivity contribution in [2.45, 2.75) is 45.4 Å². The zero-order valence-corrected chi connectivity index (χ0v) is 12.9. The summed E-state index contributed by atoms with van der Waals surface area (Å²) in [6.07, 6.45) is 4.66. The van der Waals surface area contributed by atoms with Crippen LogP contribution in [0.4, 0.5) is 0 Å². The molecule has 2 aromatic rings. The maximum Gasteiger partial charge on any atom is 0.117 e. The van der Waals surface area contributed by atoms with Crippen LogP contribution in [0.1, 0.15) is 44.8 Å². The van der Waals surface area contributed by atoms with Crippen LogP contribution in [-0.2, 0) is 10.8 Å². The molecule has 0 bridgehead atoms. The Bertz CT molecular complexity index is 771. The van der Waals surface area contributed by atoms with Crippen LogP contribution in [0.15, 0.2) is 34.7 Å². The molecule has 1 aromatic carbocycles. The van der Waals surface area contributed by atoms with Gasteiger partial charge in [-0.1, -0.05) is 51.1 Å². The van der Waals surface area contributed by atoms with Gasteiger partial charge in [-0.3, -0.25) is 0 Å². The molecule has 1 nitrogen and oxygen atoms in total. The predicted octanol–water partition coefficient (Wildman–Crippen LogP) is 3.42. The highest BCUT2D eigenvalue weighted by Crippen LogP contribution is 2.31. The largest absolute Gasteiger partial charge is 0.465 e. The van der Waals surface area contributed by atoms with Gasteiger partial charge >= 0.3 is 0 Å². The van der Waals surface area contributed by atoms with Crippen LogP contribution in [0.2, 0.25) is 0 Å². The van der Waals surface area contributed by atoms with Gasteiger partial charge in [-0.05, 0) is 47.4 Å². The third-order valence-corrected chi connectivity index (χ3v) is 4.12. The van der Waals surface area contributed by atoms with Crippen LogP contribution < -0.4 is 10.4 Å². The van der Waals surface area contributed by atoms with Gasteiger partial charge < -0.3 is 4.42 Å². The number of aryl methyl sites for hydroxylation is 1. The quantitative estimate of drug-likeness (QED) is 0.771. The molecule has 0 N–H and O–H groups in total. The van der Waals surface area contributed by atoms with Crippen molar-refractivity contribution in [1.82, 2.24) is 0 Å². The highest BCUT2D eigenvalue weighted by Gasteiger charge is 2.29. The zero-order valence-electron chi connectivity index (χ0n) is 12.9. The van der Waals surface area contributed by atoms with Crippen LogP contribution in [-0.4, -0.2) is 0 Å². The van der Waals surface area contributed by atoms with Crippen molar-refractivity contribution < 1.29 is 4.42 Å². The molecule has 0 spiro atoms. The molecule has 1 heteroatoms. The first-order valence-corrected chi connectivity index (χ1v) is 7.22. The molecule has 1 aliphatic rings. The Morgan fingerprint density at radius 3 is 2.35 bits per heavy atom. The molecule has 0 radical (unpaired) electrons. The molecule has 1 aliphatic carbocycles. The molecule has 0 aliphatic heterocycles. The summed E-state index contributed by atoms with van der Waals surface area (Å²) < 4.78 is 5.86. The second-order valence-electron chi connectivity index (χ2n) is 7.04. The fraction of sp³-hybridized carbons (Fsp3) is 0.368. The molecule has 0 saturated carbocycles. The van der Waals surface area contributed by atoms with E-state index in [1.165, 1.54) is 16.0 Å². The van der Waals surface area contributed by atoms with Gasteiger partial charge in [-0.15, -0.1) is 0 Å². The fourth-order valence-corrected chi connectivity index (χ4v) is 3.05. The first-order chi connectivity index (χ1) is 9.29. The van der Waals surface area contributed by atoms with Gasteiger partial charge in [0.25, 0.3) is 0 Å². The van der Waals surface area contributed by atoms with Gasteiger partial charge in [0, 0.05) is 0 Å². The second kappa shape index (κ2) is 4.12. The van der Waals surface area contributed by atoms with Gasteiger partial charge in [-0.25, -0.2) is 0 Å². The lowest BCUT2D eigenvalue weighted by molar-refractivity contribution is 0.458. The Kier molecular flexibility index (Phi) is 2.72. The van der Waals surface area contributed by atoms with Crippen molar-refractivity contribution in [2.75, 3.05) is 0 Å². The summed E-state index contributed by atoms with van der Waals surface area (Å²) in [6.45, 7) is 11.0. The molecule has 1 unspecified atom stereocenters. The number of hydrogen-bond donors (Lipinski definition) is 0. The molecule has 1 atom stereocenters. The van der Waals surface area contributed by atoms with E-state index in [0.29, 0.717) is 0 Å². The normalized spacial score (nSPS) is 21.2. The first-order valence-electron chi connectivity index (χ1n) is 7.22. The number of benzene rings is 1. The third-order valence-electron chi connectivity index (χ3n) is 4.12. The van der Waals surface area contributed by atoms with Crippen molar-refractivity contribution in [3.8, 4) is 0 Å². The lowest BCUT2D eigenvalue weighted by atomic mass is 9.84. The molecule has 0 fully saturated rings. The molecular weight excluding hydrogens is 244 g/mol. The standard InChI is InChI=1S/C19H22O/c1-13-9-10-17(20-13)19(5)11-14-7-6-8-16(15(14)12-19)18(2,3)4/h6-12H,1-5H3. The number of fused-ring (bicyclic) bond motifs is 1. The Balaban J connectivity index is 2.24. The minimum Gasteiger partial charge on any atom is -0.465 e. The average Bonchev–Trinajstić information content (AvgIpc) is 2.90. The molecule has 1 aromatic heterocycles. The van der Waals surface area contributed by atoms with E-state index in [2.05, 4.69) is 64.1 Å². The molecule has 20 heavy (non-hydrogen) atoms. The van der Waals surface area contributed by atoms with Gasteiger partial charge in [0.2, 0.25) is 0 Å². The molecule has 0 amide bonds. The van der Waals surface area contributed by atoms with E-state index < -0.39 is 0 Å². The maximum atomic E-state index is 5.86. The topological polar surface area (TPSA) is 13.1 Å². The van der Waals surface area contributed by atoms with Crippen LogP contribution in [0.3, 0.4) is 0 Å². The highest BCUT2D eigenvalue weighted by atomic mass is 16.3. The zero-order chi connectivity index (χ0) is 14.5. The van der Waals surface area contributed by atoms with Crippen molar-refractivity contribution >= 4 is 12.2 Å².